The molecule has 1 amide bonds. The van der Waals surface area contributed by atoms with E-state index in [1.807, 2.05) is 18.7 Å². The molecule has 1 N–H and O–H groups in total. The van der Waals surface area contributed by atoms with Gasteiger partial charge >= 0.3 is 0 Å². The first-order valence-electron chi connectivity index (χ1n) is 6.60. The maximum atomic E-state index is 12.4. The van der Waals surface area contributed by atoms with E-state index in [0.717, 1.165) is 19.4 Å². The standard InChI is InChI=1S/C13H21N3O2/c1-10(2)16-12(5-7-14-16)13(18)15-8-3-4-11(17)6-9-15/h5,7,10-11,17H,3-4,6,8-9H2,1-2H3. The SMILES string of the molecule is CC(C)n1nccc1C(=O)N1CCCC(O)CC1. The number of amides is 1. The fourth-order valence-electron chi connectivity index (χ4n) is 2.34. The topological polar surface area (TPSA) is 58.4 Å². The number of aliphatic hydroxyl groups excluding tert-OH is 1. The highest BCUT2D eigenvalue weighted by Gasteiger charge is 2.23. The molecule has 0 aliphatic carbocycles. The van der Waals surface area contributed by atoms with E-state index in [2.05, 4.69) is 5.10 Å². The van der Waals surface area contributed by atoms with Crippen LogP contribution in [0, 0.1) is 0 Å². The van der Waals surface area contributed by atoms with E-state index in [0.29, 0.717) is 18.7 Å². The first-order chi connectivity index (χ1) is 8.59. The van der Waals surface area contributed by atoms with Gasteiger partial charge in [-0.3, -0.25) is 9.48 Å². The largest absolute Gasteiger partial charge is 0.393 e. The van der Waals surface area contributed by atoms with Crippen LogP contribution >= 0.6 is 0 Å². The van der Waals surface area contributed by atoms with Crippen LogP contribution in [0.3, 0.4) is 0 Å². The molecule has 2 rings (SSSR count). The van der Waals surface area contributed by atoms with Gasteiger partial charge in [-0.05, 0) is 39.2 Å². The molecule has 0 radical (unpaired) electrons. The third-order valence-electron chi connectivity index (χ3n) is 3.36. The average Bonchev–Trinajstić information content (AvgIpc) is 2.72. The molecule has 1 aromatic rings. The molecule has 1 aliphatic rings. The van der Waals surface area contributed by atoms with Crippen LogP contribution in [0.5, 0.6) is 0 Å². The van der Waals surface area contributed by atoms with Gasteiger partial charge in [0, 0.05) is 25.3 Å². The summed E-state index contributed by atoms with van der Waals surface area (Å²) < 4.78 is 1.75. The second-order valence-electron chi connectivity index (χ2n) is 5.13. The van der Waals surface area contributed by atoms with Gasteiger partial charge in [-0.1, -0.05) is 0 Å². The fourth-order valence-corrected chi connectivity index (χ4v) is 2.34. The van der Waals surface area contributed by atoms with Gasteiger partial charge in [-0.15, -0.1) is 0 Å². The highest BCUT2D eigenvalue weighted by molar-refractivity contribution is 5.92. The average molecular weight is 251 g/mol. The van der Waals surface area contributed by atoms with Crippen molar-refractivity contribution in [1.29, 1.82) is 0 Å². The zero-order valence-electron chi connectivity index (χ0n) is 11.0. The summed E-state index contributed by atoms with van der Waals surface area (Å²) in [6.07, 6.45) is 3.72. The van der Waals surface area contributed by atoms with Crippen molar-refractivity contribution in [2.24, 2.45) is 0 Å². The third kappa shape index (κ3) is 2.72. The van der Waals surface area contributed by atoms with Gasteiger partial charge in [0.25, 0.3) is 5.91 Å². The van der Waals surface area contributed by atoms with E-state index in [1.54, 1.807) is 16.9 Å². The number of hydrogen-bond donors (Lipinski definition) is 1. The Balaban J connectivity index is 2.12. The summed E-state index contributed by atoms with van der Waals surface area (Å²) in [5.74, 6) is 0.0234. The Bertz CT molecular complexity index is 414. The van der Waals surface area contributed by atoms with E-state index in [1.165, 1.54) is 0 Å². The van der Waals surface area contributed by atoms with Gasteiger partial charge < -0.3 is 10.0 Å². The third-order valence-corrected chi connectivity index (χ3v) is 3.36. The Hall–Kier alpha value is -1.36. The molecule has 5 nitrogen and oxygen atoms in total. The van der Waals surface area contributed by atoms with E-state index in [-0.39, 0.29) is 18.1 Å². The molecule has 100 valence electrons. The Labute approximate surface area is 107 Å². The monoisotopic (exact) mass is 251 g/mol. The molecule has 1 atom stereocenters. The number of aliphatic hydroxyl groups is 1. The number of likely N-dealkylation sites (tertiary alicyclic amines) is 1. The van der Waals surface area contributed by atoms with Crippen LogP contribution in [0.25, 0.3) is 0 Å². The first-order valence-corrected chi connectivity index (χ1v) is 6.60. The lowest BCUT2D eigenvalue weighted by Gasteiger charge is -2.21. The van der Waals surface area contributed by atoms with Crippen LogP contribution in [0.1, 0.15) is 49.6 Å². The van der Waals surface area contributed by atoms with Crippen molar-refractivity contribution in [3.8, 4) is 0 Å². The molecule has 5 heteroatoms. The molecule has 2 heterocycles. The zero-order valence-corrected chi connectivity index (χ0v) is 11.0. The molecule has 1 fully saturated rings. The van der Waals surface area contributed by atoms with E-state index < -0.39 is 0 Å². The zero-order chi connectivity index (χ0) is 13.1. The molecule has 0 aromatic carbocycles. The van der Waals surface area contributed by atoms with Crippen molar-refractivity contribution in [2.45, 2.75) is 45.3 Å². The van der Waals surface area contributed by atoms with E-state index >= 15 is 0 Å². The van der Waals surface area contributed by atoms with E-state index in [4.69, 9.17) is 0 Å². The maximum Gasteiger partial charge on any atom is 0.272 e. The van der Waals surface area contributed by atoms with Gasteiger partial charge in [0.1, 0.15) is 5.69 Å². The number of rotatable bonds is 2. The maximum absolute atomic E-state index is 12.4. The van der Waals surface area contributed by atoms with Crippen molar-refractivity contribution in [3.05, 3.63) is 18.0 Å². The predicted molar refractivity (Wildman–Crippen MR) is 68.4 cm³/mol. The Morgan fingerprint density at radius 3 is 2.94 bits per heavy atom. The number of carbonyl (C=O) groups is 1. The Kier molecular flexibility index (Phi) is 4.01. The van der Waals surface area contributed by atoms with E-state index in [9.17, 15) is 9.90 Å². The quantitative estimate of drug-likeness (QED) is 0.865. The lowest BCUT2D eigenvalue weighted by Crippen LogP contribution is -2.34. The minimum absolute atomic E-state index is 0.0234. The summed E-state index contributed by atoms with van der Waals surface area (Å²) in [7, 11) is 0. The van der Waals surface area contributed by atoms with Crippen molar-refractivity contribution < 1.29 is 9.90 Å². The molecule has 18 heavy (non-hydrogen) atoms. The molecular weight excluding hydrogens is 230 g/mol. The summed E-state index contributed by atoms with van der Waals surface area (Å²) in [5, 5.41) is 13.8. The predicted octanol–water partition coefficient (Wildman–Crippen LogP) is 1.45. The van der Waals surface area contributed by atoms with Gasteiger partial charge in [0.2, 0.25) is 0 Å². The summed E-state index contributed by atoms with van der Waals surface area (Å²) in [4.78, 5) is 14.3. The summed E-state index contributed by atoms with van der Waals surface area (Å²) in [6, 6.07) is 1.94. The summed E-state index contributed by atoms with van der Waals surface area (Å²) in [5.41, 5.74) is 0.640. The molecule has 0 bridgehead atoms. The second kappa shape index (κ2) is 5.52. The lowest BCUT2D eigenvalue weighted by molar-refractivity contribution is 0.0738. The summed E-state index contributed by atoms with van der Waals surface area (Å²) in [6.45, 7) is 5.37. The van der Waals surface area contributed by atoms with Crippen LogP contribution in [-0.2, 0) is 0 Å². The first kappa shape index (κ1) is 13.1. The second-order valence-corrected chi connectivity index (χ2v) is 5.13. The normalized spacial score (nSPS) is 21.1. The Morgan fingerprint density at radius 2 is 2.22 bits per heavy atom. The van der Waals surface area contributed by atoms with Crippen molar-refractivity contribution in [1.82, 2.24) is 14.7 Å². The number of hydrogen-bond acceptors (Lipinski definition) is 3. The van der Waals surface area contributed by atoms with Crippen LogP contribution in [0.4, 0.5) is 0 Å². The summed E-state index contributed by atoms with van der Waals surface area (Å²) >= 11 is 0. The molecule has 0 saturated carbocycles. The molecule has 1 aromatic heterocycles. The fraction of sp³-hybridized carbons (Fsp3) is 0.692. The van der Waals surface area contributed by atoms with Crippen molar-refractivity contribution in [3.63, 3.8) is 0 Å². The number of aromatic nitrogens is 2. The molecule has 0 spiro atoms. The minimum Gasteiger partial charge on any atom is -0.393 e. The molecule has 1 unspecified atom stereocenters. The Morgan fingerprint density at radius 1 is 1.44 bits per heavy atom. The molecular formula is C13H21N3O2. The van der Waals surface area contributed by atoms with Crippen LogP contribution in [0.2, 0.25) is 0 Å². The number of nitrogens with zero attached hydrogens (tertiary/aromatic N) is 3. The lowest BCUT2D eigenvalue weighted by atomic mass is 10.2. The van der Waals surface area contributed by atoms with Crippen LogP contribution in [0.15, 0.2) is 12.3 Å². The molecule has 1 aliphatic heterocycles. The number of carbonyl (C=O) groups excluding carboxylic acids is 1. The van der Waals surface area contributed by atoms with Crippen LogP contribution in [-0.4, -0.2) is 44.9 Å². The van der Waals surface area contributed by atoms with Crippen LogP contribution < -0.4 is 0 Å². The van der Waals surface area contributed by atoms with Crippen molar-refractivity contribution >= 4 is 5.91 Å². The van der Waals surface area contributed by atoms with Gasteiger partial charge in [-0.25, -0.2) is 0 Å². The highest BCUT2D eigenvalue weighted by atomic mass is 16.3. The highest BCUT2D eigenvalue weighted by Crippen LogP contribution is 2.15. The van der Waals surface area contributed by atoms with Crippen molar-refractivity contribution in [2.75, 3.05) is 13.1 Å². The molecule has 1 saturated heterocycles. The van der Waals surface area contributed by atoms with Gasteiger partial charge in [0.05, 0.1) is 6.10 Å². The minimum atomic E-state index is -0.266. The van der Waals surface area contributed by atoms with Gasteiger partial charge in [-0.2, -0.15) is 5.10 Å². The smallest absolute Gasteiger partial charge is 0.272 e. The van der Waals surface area contributed by atoms with Gasteiger partial charge in [0.15, 0.2) is 0 Å².